The van der Waals surface area contributed by atoms with Crippen LogP contribution in [0.3, 0.4) is 0 Å². The molecule has 2 N–H and O–H groups in total. The molecule has 20 heavy (non-hydrogen) atoms. The number of fused-ring (bicyclic) bond motifs is 1. The van der Waals surface area contributed by atoms with Crippen molar-refractivity contribution in [2.75, 3.05) is 7.11 Å². The first kappa shape index (κ1) is 12.8. The smallest absolute Gasteiger partial charge is 0.129 e. The van der Waals surface area contributed by atoms with Gasteiger partial charge in [0.05, 0.1) is 13.2 Å². The number of phenolic OH excluding ortho intramolecular Hbond substituents is 1. The summed E-state index contributed by atoms with van der Waals surface area (Å²) in [6, 6.07) is 12.3. The molecule has 2 aromatic rings. The van der Waals surface area contributed by atoms with Crippen LogP contribution in [-0.4, -0.2) is 17.3 Å². The van der Waals surface area contributed by atoms with Crippen molar-refractivity contribution in [1.82, 2.24) is 0 Å². The normalized spacial score (nSPS) is 20.9. The maximum absolute atomic E-state index is 10.2. The van der Waals surface area contributed by atoms with Gasteiger partial charge in [0.15, 0.2) is 0 Å². The molecule has 2 atom stereocenters. The van der Waals surface area contributed by atoms with Crippen molar-refractivity contribution in [2.24, 2.45) is 0 Å². The fraction of sp³-hybridized carbons (Fsp3) is 0.250. The molecule has 0 spiro atoms. The number of phenols is 1. The van der Waals surface area contributed by atoms with Crippen molar-refractivity contribution >= 4 is 0 Å². The Hall–Kier alpha value is -2.20. The Morgan fingerprint density at radius 1 is 1.15 bits per heavy atom. The fourth-order valence-electron chi connectivity index (χ4n) is 2.44. The van der Waals surface area contributed by atoms with E-state index < -0.39 is 6.10 Å². The zero-order valence-corrected chi connectivity index (χ0v) is 11.1. The van der Waals surface area contributed by atoms with E-state index in [2.05, 4.69) is 0 Å². The standard InChI is InChI=1S/C16H16O4/c1-19-12-6-7-13-14(18)9-15(20-16(13)8-12)10-2-4-11(17)5-3-10/h2-8,14-15,17-18H,9H2,1H3/t14-,15?/m1/s1. The van der Waals surface area contributed by atoms with Gasteiger partial charge in [-0.05, 0) is 29.8 Å². The van der Waals surface area contributed by atoms with Gasteiger partial charge in [0, 0.05) is 18.1 Å². The van der Waals surface area contributed by atoms with Crippen molar-refractivity contribution in [3.8, 4) is 17.2 Å². The van der Waals surface area contributed by atoms with E-state index in [1.165, 1.54) is 0 Å². The van der Waals surface area contributed by atoms with Gasteiger partial charge in [0.25, 0.3) is 0 Å². The van der Waals surface area contributed by atoms with Crippen molar-refractivity contribution in [1.29, 1.82) is 0 Å². The van der Waals surface area contributed by atoms with Crippen LogP contribution in [0.2, 0.25) is 0 Å². The van der Waals surface area contributed by atoms with E-state index in [1.54, 1.807) is 37.4 Å². The first-order valence-corrected chi connectivity index (χ1v) is 6.49. The largest absolute Gasteiger partial charge is 0.508 e. The van der Waals surface area contributed by atoms with Crippen LogP contribution in [0.5, 0.6) is 17.2 Å². The highest BCUT2D eigenvalue weighted by Gasteiger charge is 2.28. The number of methoxy groups -OCH3 is 1. The number of aliphatic hydroxyl groups excluding tert-OH is 1. The van der Waals surface area contributed by atoms with Gasteiger partial charge in [-0.3, -0.25) is 0 Å². The lowest BCUT2D eigenvalue weighted by Crippen LogP contribution is -2.19. The summed E-state index contributed by atoms with van der Waals surface area (Å²) in [4.78, 5) is 0. The number of aromatic hydroxyl groups is 1. The SMILES string of the molecule is COc1ccc2c(c1)OC(c1ccc(O)cc1)C[C@H]2O. The lowest BCUT2D eigenvalue weighted by molar-refractivity contribution is 0.0655. The molecular weight excluding hydrogens is 256 g/mol. The molecule has 4 heteroatoms. The monoisotopic (exact) mass is 272 g/mol. The van der Waals surface area contributed by atoms with Gasteiger partial charge in [-0.25, -0.2) is 0 Å². The molecule has 2 aromatic carbocycles. The summed E-state index contributed by atoms with van der Waals surface area (Å²) in [5.41, 5.74) is 1.70. The van der Waals surface area contributed by atoms with Gasteiger partial charge in [-0.15, -0.1) is 0 Å². The number of benzene rings is 2. The molecule has 0 bridgehead atoms. The predicted molar refractivity (Wildman–Crippen MR) is 74.0 cm³/mol. The fourth-order valence-corrected chi connectivity index (χ4v) is 2.44. The average Bonchev–Trinajstić information content (AvgIpc) is 2.47. The van der Waals surface area contributed by atoms with Crippen LogP contribution in [0.25, 0.3) is 0 Å². The predicted octanol–water partition coefficient (Wildman–Crippen LogP) is 2.96. The minimum atomic E-state index is -0.566. The van der Waals surface area contributed by atoms with Gasteiger partial charge < -0.3 is 19.7 Å². The van der Waals surface area contributed by atoms with Crippen LogP contribution in [-0.2, 0) is 0 Å². The number of hydrogen-bond donors (Lipinski definition) is 2. The molecule has 0 saturated heterocycles. The molecule has 4 nitrogen and oxygen atoms in total. The molecule has 1 aliphatic rings. The molecule has 0 fully saturated rings. The quantitative estimate of drug-likeness (QED) is 0.882. The molecule has 1 heterocycles. The average molecular weight is 272 g/mol. The van der Waals surface area contributed by atoms with Gasteiger partial charge in [-0.2, -0.15) is 0 Å². The molecular formula is C16H16O4. The van der Waals surface area contributed by atoms with Crippen LogP contribution >= 0.6 is 0 Å². The molecule has 0 saturated carbocycles. The first-order chi connectivity index (χ1) is 9.67. The van der Waals surface area contributed by atoms with Gasteiger partial charge in [-0.1, -0.05) is 12.1 Å². The third-order valence-electron chi connectivity index (χ3n) is 3.55. The zero-order valence-electron chi connectivity index (χ0n) is 11.1. The first-order valence-electron chi connectivity index (χ1n) is 6.49. The van der Waals surface area contributed by atoms with Crippen LogP contribution in [0.1, 0.15) is 29.8 Å². The molecule has 104 valence electrons. The van der Waals surface area contributed by atoms with Gasteiger partial charge in [0.1, 0.15) is 23.4 Å². The van der Waals surface area contributed by atoms with Crippen LogP contribution in [0.15, 0.2) is 42.5 Å². The van der Waals surface area contributed by atoms with E-state index in [1.807, 2.05) is 12.1 Å². The Labute approximate surface area is 117 Å². The second kappa shape index (κ2) is 5.06. The molecule has 0 amide bonds. The second-order valence-electron chi connectivity index (χ2n) is 4.85. The number of hydrogen-bond acceptors (Lipinski definition) is 4. The van der Waals surface area contributed by atoms with E-state index in [4.69, 9.17) is 9.47 Å². The molecule has 1 unspecified atom stereocenters. The number of aliphatic hydroxyl groups is 1. The maximum atomic E-state index is 10.2. The highest BCUT2D eigenvalue weighted by molar-refractivity contribution is 5.44. The Kier molecular flexibility index (Phi) is 3.24. The Morgan fingerprint density at radius 2 is 1.90 bits per heavy atom. The molecule has 0 radical (unpaired) electrons. The van der Waals surface area contributed by atoms with Crippen molar-refractivity contribution in [3.05, 3.63) is 53.6 Å². The Bertz CT molecular complexity index is 606. The highest BCUT2D eigenvalue weighted by Crippen LogP contribution is 2.42. The second-order valence-corrected chi connectivity index (χ2v) is 4.85. The van der Waals surface area contributed by atoms with E-state index >= 15 is 0 Å². The number of ether oxygens (including phenoxy) is 2. The third-order valence-corrected chi connectivity index (χ3v) is 3.55. The lowest BCUT2D eigenvalue weighted by atomic mass is 9.95. The molecule has 3 rings (SSSR count). The summed E-state index contributed by atoms with van der Waals surface area (Å²) < 4.78 is 11.1. The summed E-state index contributed by atoms with van der Waals surface area (Å²) >= 11 is 0. The van der Waals surface area contributed by atoms with E-state index in [0.717, 1.165) is 11.1 Å². The maximum Gasteiger partial charge on any atom is 0.129 e. The Balaban J connectivity index is 1.92. The summed E-state index contributed by atoms with van der Waals surface area (Å²) in [5.74, 6) is 1.55. The summed E-state index contributed by atoms with van der Waals surface area (Å²) in [6.45, 7) is 0. The summed E-state index contributed by atoms with van der Waals surface area (Å²) in [6.07, 6.45) is -0.307. The van der Waals surface area contributed by atoms with Gasteiger partial charge >= 0.3 is 0 Å². The van der Waals surface area contributed by atoms with Crippen molar-refractivity contribution < 1.29 is 19.7 Å². The highest BCUT2D eigenvalue weighted by atomic mass is 16.5. The van der Waals surface area contributed by atoms with Crippen molar-refractivity contribution in [2.45, 2.75) is 18.6 Å². The van der Waals surface area contributed by atoms with Crippen molar-refractivity contribution in [3.63, 3.8) is 0 Å². The van der Waals surface area contributed by atoms with Crippen LogP contribution in [0, 0.1) is 0 Å². The number of rotatable bonds is 2. The Morgan fingerprint density at radius 3 is 2.60 bits per heavy atom. The van der Waals surface area contributed by atoms with E-state index in [-0.39, 0.29) is 11.9 Å². The minimum Gasteiger partial charge on any atom is -0.508 e. The third kappa shape index (κ3) is 2.30. The van der Waals surface area contributed by atoms with E-state index in [9.17, 15) is 10.2 Å². The zero-order chi connectivity index (χ0) is 14.1. The van der Waals surface area contributed by atoms with Gasteiger partial charge in [0.2, 0.25) is 0 Å². The topological polar surface area (TPSA) is 58.9 Å². The summed E-state index contributed by atoms with van der Waals surface area (Å²) in [7, 11) is 1.60. The molecule has 1 aliphatic heterocycles. The minimum absolute atomic E-state index is 0.215. The van der Waals surface area contributed by atoms with Crippen LogP contribution in [0.4, 0.5) is 0 Å². The lowest BCUT2D eigenvalue weighted by Gasteiger charge is -2.30. The van der Waals surface area contributed by atoms with E-state index in [0.29, 0.717) is 17.9 Å². The molecule has 0 aromatic heterocycles. The van der Waals surface area contributed by atoms with Crippen LogP contribution < -0.4 is 9.47 Å². The summed E-state index contributed by atoms with van der Waals surface area (Å²) in [5, 5.41) is 19.6. The molecule has 0 aliphatic carbocycles.